The number of rotatable bonds is 7. The average Bonchev–Trinajstić information content (AvgIpc) is 3.12. The third-order valence-electron chi connectivity index (χ3n) is 4.43. The number of nitrogens with one attached hydrogen (secondary N) is 2. The lowest BCUT2D eigenvalue weighted by Gasteiger charge is -2.12. The summed E-state index contributed by atoms with van der Waals surface area (Å²) in [5.41, 5.74) is 2.08. The lowest BCUT2D eigenvalue weighted by atomic mass is 10.1. The highest BCUT2D eigenvalue weighted by molar-refractivity contribution is 9.11. The van der Waals surface area contributed by atoms with Crippen LogP contribution in [0.15, 0.2) is 74.6 Å². The Morgan fingerprint density at radius 2 is 1.72 bits per heavy atom. The Morgan fingerprint density at radius 3 is 2.47 bits per heavy atom. The van der Waals surface area contributed by atoms with E-state index in [9.17, 15) is 8.42 Å². The summed E-state index contributed by atoms with van der Waals surface area (Å²) in [7, 11) is -3.64. The van der Waals surface area contributed by atoms with Crippen LogP contribution in [-0.2, 0) is 10.0 Å². The van der Waals surface area contributed by atoms with Crippen LogP contribution in [0.3, 0.4) is 0 Å². The number of hydrogen-bond donors (Lipinski definition) is 2. The Kier molecular flexibility index (Phi) is 7.94. The topological polar surface area (TPSA) is 88.4 Å². The van der Waals surface area contributed by atoms with Gasteiger partial charge in [-0.25, -0.2) is 18.1 Å². The molecule has 7 nitrogen and oxygen atoms in total. The molecule has 2 heterocycles. The number of nitrogens with zero attached hydrogens (tertiary/aromatic N) is 3. The van der Waals surface area contributed by atoms with Crippen LogP contribution in [-0.4, -0.2) is 36.1 Å². The van der Waals surface area contributed by atoms with E-state index >= 15 is 0 Å². The van der Waals surface area contributed by atoms with Crippen LogP contribution in [0.5, 0.6) is 0 Å². The van der Waals surface area contributed by atoms with Gasteiger partial charge in [-0.05, 0) is 50.1 Å². The van der Waals surface area contributed by atoms with Crippen molar-refractivity contribution in [3.8, 4) is 11.3 Å². The molecule has 2 aromatic carbocycles. The number of benzene rings is 2. The van der Waals surface area contributed by atoms with Gasteiger partial charge in [0.25, 0.3) is 0 Å². The van der Waals surface area contributed by atoms with Crippen LogP contribution >= 0.6 is 43.5 Å². The fraction of sp³-hybridized carbons (Fsp3) is 0.143. The van der Waals surface area contributed by atoms with Crippen molar-refractivity contribution >= 4 is 64.9 Å². The molecule has 2 N–H and O–H groups in total. The van der Waals surface area contributed by atoms with Gasteiger partial charge in [-0.3, -0.25) is 0 Å². The third kappa shape index (κ3) is 5.15. The van der Waals surface area contributed by atoms with Crippen molar-refractivity contribution in [3.05, 3.63) is 74.8 Å². The number of hydrogen-bond acceptors (Lipinski definition) is 5. The Labute approximate surface area is 208 Å². The predicted octanol–water partition coefficient (Wildman–Crippen LogP) is 5.60. The largest absolute Gasteiger partial charge is 0.369 e. The van der Waals surface area contributed by atoms with Crippen molar-refractivity contribution in [2.75, 3.05) is 18.4 Å². The minimum atomic E-state index is -3.64. The fourth-order valence-electron chi connectivity index (χ4n) is 2.99. The van der Waals surface area contributed by atoms with E-state index in [-0.39, 0.29) is 18.9 Å². The summed E-state index contributed by atoms with van der Waals surface area (Å²) in [4.78, 5) is 4.85. The summed E-state index contributed by atoms with van der Waals surface area (Å²) < 4.78 is 30.6. The first-order chi connectivity index (χ1) is 14.9. The number of sulfonamides is 1. The SMILES string of the molecule is C.O=S(=O)(NCCNc1cc(-c2ccccc2Cl)nc2c(Br)cnn12)c1ccccc1Br. The molecule has 0 radical (unpaired) electrons. The quantitative estimate of drug-likeness (QED) is 0.269. The molecule has 0 fully saturated rings. The molecule has 0 saturated heterocycles. The second kappa shape index (κ2) is 10.3. The first kappa shape index (κ1) is 24.7. The number of halogens is 3. The molecule has 0 amide bonds. The zero-order valence-electron chi connectivity index (χ0n) is 15.9. The van der Waals surface area contributed by atoms with Crippen molar-refractivity contribution < 1.29 is 8.42 Å². The van der Waals surface area contributed by atoms with Gasteiger partial charge in [-0.15, -0.1) is 0 Å². The molecule has 32 heavy (non-hydrogen) atoms. The smallest absolute Gasteiger partial charge is 0.241 e. The van der Waals surface area contributed by atoms with E-state index in [0.717, 1.165) is 10.0 Å². The molecule has 11 heteroatoms. The van der Waals surface area contributed by atoms with Crippen LogP contribution in [0.2, 0.25) is 5.02 Å². The summed E-state index contributed by atoms with van der Waals surface area (Å²) in [6.45, 7) is 0.513. The van der Waals surface area contributed by atoms with Crippen LogP contribution in [0, 0.1) is 0 Å². The predicted molar refractivity (Wildman–Crippen MR) is 136 cm³/mol. The number of anilines is 1. The second-order valence-corrected chi connectivity index (χ2v) is 10.3. The van der Waals surface area contributed by atoms with Gasteiger partial charge in [0.15, 0.2) is 5.65 Å². The molecule has 0 aliphatic heterocycles. The molecule has 4 aromatic rings. The molecule has 0 bridgehead atoms. The average molecular weight is 602 g/mol. The first-order valence-corrected chi connectivity index (χ1v) is 12.6. The van der Waals surface area contributed by atoms with E-state index in [4.69, 9.17) is 11.6 Å². The highest BCUT2D eigenvalue weighted by Gasteiger charge is 2.17. The van der Waals surface area contributed by atoms with Crippen LogP contribution in [0.1, 0.15) is 7.43 Å². The maximum atomic E-state index is 12.5. The van der Waals surface area contributed by atoms with E-state index in [1.807, 2.05) is 24.3 Å². The molecule has 0 aliphatic rings. The zero-order valence-corrected chi connectivity index (χ0v) is 20.6. The van der Waals surface area contributed by atoms with Crippen molar-refractivity contribution in [1.29, 1.82) is 0 Å². The van der Waals surface area contributed by atoms with E-state index < -0.39 is 10.0 Å². The van der Waals surface area contributed by atoms with Gasteiger partial charge < -0.3 is 5.32 Å². The number of fused-ring (bicyclic) bond motifs is 1. The molecule has 0 atom stereocenters. The van der Waals surface area contributed by atoms with Gasteiger partial charge >= 0.3 is 0 Å². The van der Waals surface area contributed by atoms with E-state index in [1.54, 1.807) is 41.0 Å². The second-order valence-electron chi connectivity index (χ2n) is 6.49. The summed E-state index contributed by atoms with van der Waals surface area (Å²) >= 11 is 13.1. The van der Waals surface area contributed by atoms with Gasteiger partial charge in [0.1, 0.15) is 5.82 Å². The lowest BCUT2D eigenvalue weighted by Crippen LogP contribution is -2.29. The van der Waals surface area contributed by atoms with Gasteiger partial charge in [0, 0.05) is 34.2 Å². The van der Waals surface area contributed by atoms with Gasteiger partial charge in [0.2, 0.25) is 10.0 Å². The summed E-state index contributed by atoms with van der Waals surface area (Å²) in [6.07, 6.45) is 1.65. The van der Waals surface area contributed by atoms with Crippen molar-refractivity contribution in [2.24, 2.45) is 0 Å². The molecule has 0 aliphatic carbocycles. The Morgan fingerprint density at radius 1 is 1.00 bits per heavy atom. The minimum absolute atomic E-state index is 0. The minimum Gasteiger partial charge on any atom is -0.369 e. The normalized spacial score (nSPS) is 11.3. The standard InChI is InChI=1S/C20H16Br2ClN5O2S.CH4/c21-14-6-2-4-8-18(14)31(29,30)26-10-9-24-19-11-17(13-5-1-3-7-16(13)23)27-20-15(22)12-25-28(19)20;/h1-8,11-12,24,26H,9-10H2;1H4. The van der Waals surface area contributed by atoms with Crippen molar-refractivity contribution in [3.63, 3.8) is 0 Å². The van der Waals surface area contributed by atoms with Gasteiger partial charge in [0.05, 0.1) is 21.3 Å². The maximum absolute atomic E-state index is 12.5. The maximum Gasteiger partial charge on any atom is 0.241 e. The number of aromatic nitrogens is 3. The molecule has 168 valence electrons. The molecule has 0 saturated carbocycles. The van der Waals surface area contributed by atoms with E-state index in [1.165, 1.54) is 0 Å². The summed E-state index contributed by atoms with van der Waals surface area (Å²) in [5, 5.41) is 8.14. The Hall–Kier alpha value is -1.98. The van der Waals surface area contributed by atoms with E-state index in [0.29, 0.717) is 33.2 Å². The van der Waals surface area contributed by atoms with Crippen molar-refractivity contribution in [1.82, 2.24) is 19.3 Å². The molecular formula is C21H20Br2ClN5O2S. The third-order valence-corrected chi connectivity index (χ3v) is 7.79. The van der Waals surface area contributed by atoms with Crippen molar-refractivity contribution in [2.45, 2.75) is 12.3 Å². The first-order valence-electron chi connectivity index (χ1n) is 9.14. The van der Waals surface area contributed by atoms with Crippen LogP contribution in [0.4, 0.5) is 5.82 Å². The summed E-state index contributed by atoms with van der Waals surface area (Å²) in [5.74, 6) is 0.658. The zero-order chi connectivity index (χ0) is 22.0. The fourth-order valence-corrected chi connectivity index (χ4v) is 5.60. The van der Waals surface area contributed by atoms with Crippen LogP contribution < -0.4 is 10.0 Å². The molecule has 0 spiro atoms. The molecule has 2 aromatic heterocycles. The Bertz CT molecular complexity index is 1360. The van der Waals surface area contributed by atoms with Gasteiger partial charge in [-0.2, -0.15) is 9.61 Å². The molecular weight excluding hydrogens is 582 g/mol. The highest BCUT2D eigenvalue weighted by Crippen LogP contribution is 2.30. The monoisotopic (exact) mass is 599 g/mol. The summed E-state index contributed by atoms with van der Waals surface area (Å²) in [6, 6.07) is 15.9. The van der Waals surface area contributed by atoms with Crippen LogP contribution in [0.25, 0.3) is 16.9 Å². The van der Waals surface area contributed by atoms with Gasteiger partial charge in [-0.1, -0.05) is 49.4 Å². The lowest BCUT2D eigenvalue weighted by molar-refractivity contribution is 0.582. The molecule has 4 rings (SSSR count). The molecule has 0 unspecified atom stereocenters. The highest BCUT2D eigenvalue weighted by atomic mass is 79.9. The van der Waals surface area contributed by atoms with E-state index in [2.05, 4.69) is 52.0 Å². The Balaban J connectivity index is 0.00000289.